The average Bonchev–Trinajstić information content (AvgIpc) is 2.68. The van der Waals surface area contributed by atoms with Crippen molar-refractivity contribution in [3.05, 3.63) is 17.0 Å². The third kappa shape index (κ3) is 2.58. The van der Waals surface area contributed by atoms with Crippen LogP contribution in [0.4, 0.5) is 0 Å². The largest absolute Gasteiger partial charge is 0.318 e. The van der Waals surface area contributed by atoms with Gasteiger partial charge in [0.2, 0.25) is 0 Å². The van der Waals surface area contributed by atoms with Crippen molar-refractivity contribution in [1.29, 1.82) is 0 Å². The van der Waals surface area contributed by atoms with Crippen molar-refractivity contribution >= 4 is 0 Å². The van der Waals surface area contributed by atoms with E-state index < -0.39 is 0 Å². The Balaban J connectivity index is 1.88. The summed E-state index contributed by atoms with van der Waals surface area (Å²) >= 11 is 0. The summed E-state index contributed by atoms with van der Waals surface area (Å²) in [5, 5.41) is 14.1. The van der Waals surface area contributed by atoms with Crippen LogP contribution in [0.25, 0.3) is 0 Å². The molecular formula is C11H20N4. The van der Waals surface area contributed by atoms with Gasteiger partial charge in [-0.15, -0.1) is 0 Å². The summed E-state index contributed by atoms with van der Waals surface area (Å²) in [6.07, 6.45) is 5.01. The average molecular weight is 208 g/mol. The minimum Gasteiger partial charge on any atom is -0.318 e. The Morgan fingerprint density at radius 1 is 1.27 bits per heavy atom. The molecule has 15 heavy (non-hydrogen) atoms. The summed E-state index contributed by atoms with van der Waals surface area (Å²) in [4.78, 5) is 0. The van der Waals surface area contributed by atoms with Gasteiger partial charge in [-0.2, -0.15) is 5.10 Å². The van der Waals surface area contributed by atoms with E-state index in [4.69, 9.17) is 0 Å². The first-order valence-electron chi connectivity index (χ1n) is 5.82. The molecule has 0 saturated carbocycles. The van der Waals surface area contributed by atoms with E-state index >= 15 is 0 Å². The number of rotatable bonds is 5. The highest BCUT2D eigenvalue weighted by molar-refractivity contribution is 5.27. The Morgan fingerprint density at radius 2 is 2.13 bits per heavy atom. The van der Waals surface area contributed by atoms with Gasteiger partial charge in [-0.3, -0.25) is 5.10 Å². The van der Waals surface area contributed by atoms with Crippen molar-refractivity contribution in [3.8, 4) is 0 Å². The number of aryl methyl sites for hydroxylation is 1. The van der Waals surface area contributed by atoms with Gasteiger partial charge in [0, 0.05) is 25.3 Å². The first-order valence-corrected chi connectivity index (χ1v) is 5.82. The predicted molar refractivity (Wildman–Crippen MR) is 60.9 cm³/mol. The van der Waals surface area contributed by atoms with Crippen molar-refractivity contribution < 1.29 is 0 Å². The highest BCUT2D eigenvalue weighted by Gasteiger charge is 2.15. The number of H-pyrrole nitrogens is 1. The van der Waals surface area contributed by atoms with Gasteiger partial charge in [-0.25, -0.2) is 0 Å². The first-order chi connectivity index (χ1) is 7.42. The van der Waals surface area contributed by atoms with Crippen LogP contribution in [0.15, 0.2) is 0 Å². The number of nitrogens with zero attached hydrogens (tertiary/aromatic N) is 1. The normalized spacial score (nSPS) is 15.3. The predicted octanol–water partition coefficient (Wildman–Crippen LogP) is 0.597. The minimum atomic E-state index is 0.896. The summed E-state index contributed by atoms with van der Waals surface area (Å²) in [5.74, 6) is 0. The lowest BCUT2D eigenvalue weighted by atomic mass is 9.96. The number of hydrogen-bond acceptors (Lipinski definition) is 3. The third-order valence-electron chi connectivity index (χ3n) is 2.99. The highest BCUT2D eigenvalue weighted by Crippen LogP contribution is 2.21. The van der Waals surface area contributed by atoms with Crippen molar-refractivity contribution in [2.24, 2.45) is 0 Å². The molecule has 0 saturated heterocycles. The van der Waals surface area contributed by atoms with Gasteiger partial charge in [0.15, 0.2) is 0 Å². The van der Waals surface area contributed by atoms with Gasteiger partial charge >= 0.3 is 0 Å². The van der Waals surface area contributed by atoms with Gasteiger partial charge in [0.1, 0.15) is 0 Å². The number of likely N-dealkylation sites (N-methyl/N-ethyl adjacent to an activating group) is 1. The maximum Gasteiger partial charge on any atom is 0.0794 e. The fraction of sp³-hybridized carbons (Fsp3) is 0.727. The molecule has 0 aromatic carbocycles. The number of aromatic nitrogens is 2. The van der Waals surface area contributed by atoms with E-state index in [2.05, 4.69) is 20.8 Å². The second kappa shape index (κ2) is 5.28. The van der Waals surface area contributed by atoms with Gasteiger partial charge in [0.05, 0.1) is 5.69 Å². The number of aromatic amines is 1. The molecule has 0 fully saturated rings. The zero-order chi connectivity index (χ0) is 10.5. The maximum absolute atomic E-state index is 4.39. The SMILES string of the molecule is CNCCNCc1n[nH]c2c1CCCC2. The summed E-state index contributed by atoms with van der Waals surface area (Å²) in [6.45, 7) is 2.90. The summed E-state index contributed by atoms with van der Waals surface area (Å²) < 4.78 is 0. The first kappa shape index (κ1) is 10.6. The molecule has 0 radical (unpaired) electrons. The van der Waals surface area contributed by atoms with E-state index in [1.54, 1.807) is 0 Å². The molecule has 4 heteroatoms. The Kier molecular flexibility index (Phi) is 3.75. The van der Waals surface area contributed by atoms with Crippen molar-refractivity contribution in [2.45, 2.75) is 32.2 Å². The summed E-state index contributed by atoms with van der Waals surface area (Å²) in [7, 11) is 1.97. The Bertz CT molecular complexity index is 306. The van der Waals surface area contributed by atoms with Crippen LogP contribution in [0, 0.1) is 0 Å². The van der Waals surface area contributed by atoms with E-state index in [1.807, 2.05) is 7.05 Å². The Morgan fingerprint density at radius 3 is 3.00 bits per heavy atom. The standard InChI is InChI=1S/C11H20N4/c1-12-6-7-13-8-11-9-4-2-3-5-10(9)14-15-11/h12-13H,2-8H2,1H3,(H,14,15). The summed E-state index contributed by atoms with van der Waals surface area (Å²) in [6, 6.07) is 0. The quantitative estimate of drug-likeness (QED) is 0.621. The van der Waals surface area contributed by atoms with Crippen molar-refractivity contribution in [2.75, 3.05) is 20.1 Å². The van der Waals surface area contributed by atoms with E-state index in [0.717, 1.165) is 19.6 Å². The molecule has 0 aliphatic heterocycles. The lowest BCUT2D eigenvalue weighted by Crippen LogP contribution is -2.25. The smallest absolute Gasteiger partial charge is 0.0794 e. The number of hydrogen-bond donors (Lipinski definition) is 3. The van der Waals surface area contributed by atoms with E-state index in [1.165, 1.54) is 42.6 Å². The number of fused-ring (bicyclic) bond motifs is 1. The molecule has 1 heterocycles. The van der Waals surface area contributed by atoms with E-state index in [-0.39, 0.29) is 0 Å². The van der Waals surface area contributed by atoms with Crippen LogP contribution in [-0.2, 0) is 19.4 Å². The molecule has 1 aromatic heterocycles. The van der Waals surface area contributed by atoms with Crippen LogP contribution in [0.1, 0.15) is 29.8 Å². The van der Waals surface area contributed by atoms with Gasteiger partial charge in [0.25, 0.3) is 0 Å². The topological polar surface area (TPSA) is 52.7 Å². The molecular weight excluding hydrogens is 188 g/mol. The third-order valence-corrected chi connectivity index (χ3v) is 2.99. The summed E-state index contributed by atoms with van der Waals surface area (Å²) in [5.41, 5.74) is 4.06. The maximum atomic E-state index is 4.39. The second-order valence-electron chi connectivity index (χ2n) is 4.11. The zero-order valence-corrected chi connectivity index (χ0v) is 9.40. The Hall–Kier alpha value is -0.870. The van der Waals surface area contributed by atoms with Crippen LogP contribution in [-0.4, -0.2) is 30.3 Å². The van der Waals surface area contributed by atoms with Gasteiger partial charge in [-0.05, 0) is 38.3 Å². The molecule has 1 aliphatic carbocycles. The van der Waals surface area contributed by atoms with E-state index in [0.29, 0.717) is 0 Å². The van der Waals surface area contributed by atoms with Crippen molar-refractivity contribution in [1.82, 2.24) is 20.8 Å². The minimum absolute atomic E-state index is 0.896. The molecule has 84 valence electrons. The van der Waals surface area contributed by atoms with Gasteiger partial charge in [-0.1, -0.05) is 0 Å². The highest BCUT2D eigenvalue weighted by atomic mass is 15.1. The molecule has 3 N–H and O–H groups in total. The molecule has 4 nitrogen and oxygen atoms in total. The Labute approximate surface area is 90.8 Å². The second-order valence-corrected chi connectivity index (χ2v) is 4.11. The molecule has 1 aromatic rings. The zero-order valence-electron chi connectivity index (χ0n) is 9.40. The van der Waals surface area contributed by atoms with Crippen molar-refractivity contribution in [3.63, 3.8) is 0 Å². The van der Waals surface area contributed by atoms with Crippen LogP contribution in [0.2, 0.25) is 0 Å². The van der Waals surface area contributed by atoms with Crippen LogP contribution in [0.5, 0.6) is 0 Å². The molecule has 1 aliphatic rings. The lowest BCUT2D eigenvalue weighted by molar-refractivity contribution is 0.632. The fourth-order valence-electron chi connectivity index (χ4n) is 2.12. The molecule has 2 rings (SSSR count). The monoisotopic (exact) mass is 208 g/mol. The fourth-order valence-corrected chi connectivity index (χ4v) is 2.12. The molecule has 0 unspecified atom stereocenters. The van der Waals surface area contributed by atoms with Gasteiger partial charge < -0.3 is 10.6 Å². The van der Waals surface area contributed by atoms with Crippen LogP contribution in [0.3, 0.4) is 0 Å². The van der Waals surface area contributed by atoms with Crippen LogP contribution >= 0.6 is 0 Å². The molecule has 0 amide bonds. The lowest BCUT2D eigenvalue weighted by Gasteiger charge is -2.11. The van der Waals surface area contributed by atoms with Crippen LogP contribution < -0.4 is 10.6 Å². The van der Waals surface area contributed by atoms with E-state index in [9.17, 15) is 0 Å². The molecule has 0 bridgehead atoms. The number of nitrogens with one attached hydrogen (secondary N) is 3. The molecule has 0 spiro atoms. The molecule has 0 atom stereocenters.